The predicted molar refractivity (Wildman–Crippen MR) is 82.3 cm³/mol. The van der Waals surface area contributed by atoms with Gasteiger partial charge in [-0.25, -0.2) is 4.39 Å². The van der Waals surface area contributed by atoms with Crippen LogP contribution in [0.2, 0.25) is 5.02 Å². The normalized spacial score (nSPS) is 14.1. The third-order valence-corrected chi connectivity index (χ3v) is 4.25. The van der Waals surface area contributed by atoms with Crippen LogP contribution in [0.4, 0.5) is 4.39 Å². The summed E-state index contributed by atoms with van der Waals surface area (Å²) in [7, 11) is 0. The Hall–Kier alpha value is -0.940. The maximum Gasteiger partial charge on any atom is 0.145 e. The fraction of sp³-hybridized carbons (Fsp3) is 0.200. The maximum absolute atomic E-state index is 14.1. The maximum atomic E-state index is 14.1. The zero-order valence-electron chi connectivity index (χ0n) is 10.6. The van der Waals surface area contributed by atoms with Crippen molar-refractivity contribution in [2.24, 2.45) is 5.73 Å². The molecule has 0 aliphatic carbocycles. The number of hydrogen-bond acceptors (Lipinski definition) is 2. The van der Waals surface area contributed by atoms with Crippen molar-refractivity contribution in [3.05, 3.63) is 68.9 Å². The quantitative estimate of drug-likeness (QED) is 0.867. The van der Waals surface area contributed by atoms with Gasteiger partial charge in [-0.15, -0.1) is 0 Å². The smallest absolute Gasteiger partial charge is 0.145 e. The van der Waals surface area contributed by atoms with Crippen molar-refractivity contribution >= 4 is 27.5 Å². The van der Waals surface area contributed by atoms with Crippen LogP contribution in [0.25, 0.3) is 0 Å². The summed E-state index contributed by atoms with van der Waals surface area (Å²) in [6, 6.07) is 12.0. The minimum atomic E-state index is -0.913. The van der Waals surface area contributed by atoms with E-state index in [1.165, 1.54) is 6.07 Å². The first-order chi connectivity index (χ1) is 9.56. The molecule has 0 spiro atoms. The Kier molecular flexibility index (Phi) is 5.16. The SMILES string of the molecule is NCC(c1cccc(Cl)c1F)C(O)c1ccccc1Br. The van der Waals surface area contributed by atoms with Gasteiger partial charge in [-0.2, -0.15) is 0 Å². The average molecular weight is 359 g/mol. The van der Waals surface area contributed by atoms with E-state index in [1.54, 1.807) is 18.2 Å². The molecule has 0 saturated carbocycles. The largest absolute Gasteiger partial charge is 0.388 e. The number of halogens is 3. The fourth-order valence-corrected chi connectivity index (χ4v) is 2.87. The lowest BCUT2D eigenvalue weighted by molar-refractivity contribution is 0.145. The Bertz CT molecular complexity index is 608. The molecule has 2 unspecified atom stereocenters. The van der Waals surface area contributed by atoms with E-state index in [0.29, 0.717) is 11.1 Å². The summed E-state index contributed by atoms with van der Waals surface area (Å²) in [5.74, 6) is -1.09. The van der Waals surface area contributed by atoms with Crippen LogP contribution >= 0.6 is 27.5 Å². The van der Waals surface area contributed by atoms with Crippen LogP contribution in [0.3, 0.4) is 0 Å². The van der Waals surface area contributed by atoms with Gasteiger partial charge in [0.05, 0.1) is 11.1 Å². The molecule has 20 heavy (non-hydrogen) atoms. The van der Waals surface area contributed by atoms with Crippen LogP contribution in [0.15, 0.2) is 46.9 Å². The van der Waals surface area contributed by atoms with Gasteiger partial charge in [0, 0.05) is 16.9 Å². The lowest BCUT2D eigenvalue weighted by Gasteiger charge is -2.23. The van der Waals surface area contributed by atoms with Gasteiger partial charge in [0.2, 0.25) is 0 Å². The van der Waals surface area contributed by atoms with Crippen molar-refractivity contribution in [3.63, 3.8) is 0 Å². The van der Waals surface area contributed by atoms with Crippen molar-refractivity contribution in [2.45, 2.75) is 12.0 Å². The highest BCUT2D eigenvalue weighted by Crippen LogP contribution is 2.36. The van der Waals surface area contributed by atoms with E-state index in [4.69, 9.17) is 17.3 Å². The van der Waals surface area contributed by atoms with Crippen LogP contribution in [-0.2, 0) is 0 Å². The molecular formula is C15H14BrClFNO. The van der Waals surface area contributed by atoms with E-state index in [2.05, 4.69) is 15.9 Å². The molecule has 0 saturated heterocycles. The molecule has 0 aliphatic rings. The van der Waals surface area contributed by atoms with E-state index in [9.17, 15) is 9.50 Å². The summed E-state index contributed by atoms with van der Waals surface area (Å²) < 4.78 is 14.9. The first kappa shape index (κ1) is 15.4. The highest BCUT2D eigenvalue weighted by Gasteiger charge is 2.26. The summed E-state index contributed by atoms with van der Waals surface area (Å²) in [5, 5.41) is 10.5. The third kappa shape index (κ3) is 3.04. The van der Waals surface area contributed by atoms with Gasteiger partial charge in [-0.05, 0) is 23.3 Å². The van der Waals surface area contributed by atoms with E-state index in [0.717, 1.165) is 4.47 Å². The first-order valence-electron chi connectivity index (χ1n) is 6.12. The zero-order valence-corrected chi connectivity index (χ0v) is 12.9. The van der Waals surface area contributed by atoms with Crippen molar-refractivity contribution in [2.75, 3.05) is 6.54 Å². The molecule has 2 aromatic carbocycles. The zero-order chi connectivity index (χ0) is 14.7. The summed E-state index contributed by atoms with van der Waals surface area (Å²) >= 11 is 9.17. The van der Waals surface area contributed by atoms with Crippen LogP contribution < -0.4 is 5.73 Å². The predicted octanol–water partition coefficient (Wildman–Crippen LogP) is 4.02. The summed E-state index contributed by atoms with van der Waals surface area (Å²) in [4.78, 5) is 0. The lowest BCUT2D eigenvalue weighted by atomic mass is 9.89. The molecule has 0 aliphatic heterocycles. The molecule has 2 atom stereocenters. The number of rotatable bonds is 4. The fourth-order valence-electron chi connectivity index (χ4n) is 2.16. The molecule has 5 heteroatoms. The van der Waals surface area contributed by atoms with Gasteiger partial charge >= 0.3 is 0 Å². The van der Waals surface area contributed by atoms with E-state index in [-0.39, 0.29) is 11.6 Å². The summed E-state index contributed by atoms with van der Waals surface area (Å²) in [6.45, 7) is 0.111. The van der Waals surface area contributed by atoms with Crippen molar-refractivity contribution < 1.29 is 9.50 Å². The molecule has 0 amide bonds. The topological polar surface area (TPSA) is 46.2 Å². The Morgan fingerprint density at radius 2 is 1.80 bits per heavy atom. The molecule has 0 aromatic heterocycles. The molecule has 0 fully saturated rings. The Morgan fingerprint density at radius 1 is 1.15 bits per heavy atom. The minimum absolute atomic E-state index is 0.0280. The second-order valence-electron chi connectivity index (χ2n) is 4.45. The number of aliphatic hydroxyl groups is 1. The lowest BCUT2D eigenvalue weighted by Crippen LogP contribution is -2.21. The van der Waals surface area contributed by atoms with Crippen LogP contribution in [0.5, 0.6) is 0 Å². The molecule has 3 N–H and O–H groups in total. The van der Waals surface area contributed by atoms with Crippen molar-refractivity contribution in [1.29, 1.82) is 0 Å². The van der Waals surface area contributed by atoms with E-state index in [1.807, 2.05) is 18.2 Å². The molecular weight excluding hydrogens is 345 g/mol. The highest BCUT2D eigenvalue weighted by molar-refractivity contribution is 9.10. The average Bonchev–Trinajstić information content (AvgIpc) is 2.44. The molecule has 106 valence electrons. The summed E-state index contributed by atoms with van der Waals surface area (Å²) in [6.07, 6.45) is -0.913. The van der Waals surface area contributed by atoms with Crippen molar-refractivity contribution in [1.82, 2.24) is 0 Å². The highest BCUT2D eigenvalue weighted by atomic mass is 79.9. The van der Waals surface area contributed by atoms with Gasteiger partial charge in [0.15, 0.2) is 0 Å². The second-order valence-corrected chi connectivity index (χ2v) is 5.71. The van der Waals surface area contributed by atoms with Gasteiger partial charge in [-0.1, -0.05) is 57.9 Å². The number of benzene rings is 2. The van der Waals surface area contributed by atoms with Gasteiger partial charge in [0.1, 0.15) is 5.82 Å². The van der Waals surface area contributed by atoms with Crippen LogP contribution in [0.1, 0.15) is 23.1 Å². The monoisotopic (exact) mass is 357 g/mol. The molecule has 2 nitrogen and oxygen atoms in total. The third-order valence-electron chi connectivity index (χ3n) is 3.24. The second kappa shape index (κ2) is 6.68. The Balaban J connectivity index is 2.42. The van der Waals surface area contributed by atoms with Crippen LogP contribution in [-0.4, -0.2) is 11.7 Å². The first-order valence-corrected chi connectivity index (χ1v) is 7.29. The number of hydrogen-bond donors (Lipinski definition) is 2. The summed E-state index contributed by atoms with van der Waals surface area (Å²) in [5.41, 5.74) is 6.72. The minimum Gasteiger partial charge on any atom is -0.388 e. The Morgan fingerprint density at radius 3 is 2.45 bits per heavy atom. The van der Waals surface area contributed by atoms with Crippen molar-refractivity contribution in [3.8, 4) is 0 Å². The van der Waals surface area contributed by atoms with Gasteiger partial charge in [0.25, 0.3) is 0 Å². The molecule has 0 bridgehead atoms. The molecule has 0 radical (unpaired) electrons. The number of aliphatic hydroxyl groups excluding tert-OH is 1. The van der Waals surface area contributed by atoms with E-state index >= 15 is 0 Å². The van der Waals surface area contributed by atoms with E-state index < -0.39 is 17.8 Å². The molecule has 0 heterocycles. The van der Waals surface area contributed by atoms with Gasteiger partial charge in [-0.3, -0.25) is 0 Å². The number of nitrogens with two attached hydrogens (primary N) is 1. The molecule has 2 aromatic rings. The van der Waals surface area contributed by atoms with Gasteiger partial charge < -0.3 is 10.8 Å². The molecule has 2 rings (SSSR count). The standard InChI is InChI=1S/C15H14BrClFNO/c16-12-6-2-1-4-10(12)15(20)11(8-19)9-5-3-7-13(17)14(9)18/h1-7,11,15,20H,8,19H2. The Labute approximate surface area is 130 Å². The van der Waals surface area contributed by atoms with Crippen LogP contribution in [0, 0.1) is 5.82 Å².